The molecule has 5 saturated heterocycles. The van der Waals surface area contributed by atoms with Gasteiger partial charge in [0, 0.05) is 169 Å². The van der Waals surface area contributed by atoms with Gasteiger partial charge in [0.1, 0.15) is 58.2 Å². The van der Waals surface area contributed by atoms with Crippen LogP contribution in [0.15, 0.2) is 236 Å². The summed E-state index contributed by atoms with van der Waals surface area (Å²) < 4.78 is 82.6. The molecule has 5 fully saturated rings. The lowest BCUT2D eigenvalue weighted by Gasteiger charge is -2.33. The molecule has 18 nitrogen and oxygen atoms in total. The zero-order chi connectivity index (χ0) is 88.5. The number of piperidine rings is 1. The SMILES string of the molecule is CN1CCN(c2nc3ccccc3c3c(=O)c4cc(F)ccc4sc23)CC1.O=c1c2cc(F)ccc2sc2c(N3CCCC3)nc3ccccc3c12.O=c1c2cc(F)ccc2sc2c(N3CCCCC3)nc3ccccc3c12.O=c1c2cc(F)ccc2sc2c(N3CCNCC3)nc3ccccc3c12.O=c1c2cc(F)ccc2sc2c(N3CCOCC3)nc3ccccc3c12. The van der Waals surface area contributed by atoms with Gasteiger partial charge < -0.3 is 39.5 Å². The number of halogens is 5. The van der Waals surface area contributed by atoms with Gasteiger partial charge in [-0.1, -0.05) is 91.0 Å². The Kier molecular flexibility index (Phi) is 23.0. The number of anilines is 5. The Morgan fingerprint density at radius 2 is 0.500 bits per heavy atom. The van der Waals surface area contributed by atoms with E-state index in [4.69, 9.17) is 29.7 Å². The van der Waals surface area contributed by atoms with Crippen LogP contribution >= 0.6 is 56.7 Å². The molecule has 0 amide bonds. The maximum Gasteiger partial charge on any atom is 0.196 e. The van der Waals surface area contributed by atoms with Crippen LogP contribution < -0.4 is 57.0 Å². The smallest absolute Gasteiger partial charge is 0.196 e. The number of hydrogen-bond donors (Lipinski definition) is 1. The van der Waals surface area contributed by atoms with Crippen molar-refractivity contribution in [3.63, 3.8) is 0 Å². The number of pyridine rings is 5. The first kappa shape index (κ1) is 84.1. The summed E-state index contributed by atoms with van der Waals surface area (Å²) in [4.78, 5) is 104. The molecule has 15 heterocycles. The number of nitrogens with one attached hydrogen (secondary N) is 1. The monoisotopic (exact) mass is 1820 g/mol. The van der Waals surface area contributed by atoms with E-state index in [0.717, 1.165) is 248 Å². The molecule has 5 aliphatic rings. The lowest BCUT2D eigenvalue weighted by atomic mass is 10.1. The number of piperazine rings is 2. The van der Waals surface area contributed by atoms with Crippen molar-refractivity contribution in [2.45, 2.75) is 32.1 Å². The minimum atomic E-state index is -0.395. The Bertz CT molecular complexity index is 7870. The molecule has 10 aromatic carbocycles. The van der Waals surface area contributed by atoms with E-state index in [1.165, 1.54) is 124 Å². The molecule has 0 atom stereocenters. The third-order valence-electron chi connectivity index (χ3n) is 24.9. The van der Waals surface area contributed by atoms with Crippen molar-refractivity contribution in [3.05, 3.63) is 293 Å². The molecule has 10 aromatic heterocycles. The Balaban J connectivity index is 0.0000000984. The summed E-state index contributed by atoms with van der Waals surface area (Å²) >= 11 is 7.61. The predicted octanol–water partition coefficient (Wildman–Crippen LogP) is 21.1. The van der Waals surface area contributed by atoms with Crippen LogP contribution in [0.3, 0.4) is 0 Å². The number of benzene rings is 10. The number of para-hydroxylation sites is 5. The van der Waals surface area contributed by atoms with Crippen LogP contribution in [0.25, 0.3) is 155 Å². The van der Waals surface area contributed by atoms with Gasteiger partial charge in [0.05, 0.1) is 91.2 Å². The second kappa shape index (κ2) is 35.6. The highest BCUT2D eigenvalue weighted by atomic mass is 32.1. The summed E-state index contributed by atoms with van der Waals surface area (Å²) in [6.07, 6.45) is 5.81. The van der Waals surface area contributed by atoms with E-state index in [2.05, 4.69) is 41.8 Å². The van der Waals surface area contributed by atoms with Crippen LogP contribution in [0.4, 0.5) is 51.0 Å². The number of ether oxygens (including phenoxy) is 1. The quantitative estimate of drug-likeness (QED) is 0.0971. The average molecular weight is 1830 g/mol. The molecular formula is C102H81F5N12O6S5. The van der Waals surface area contributed by atoms with Crippen molar-refractivity contribution in [2.24, 2.45) is 0 Å². The predicted molar refractivity (Wildman–Crippen MR) is 530 cm³/mol. The van der Waals surface area contributed by atoms with Gasteiger partial charge in [-0.25, -0.2) is 46.9 Å². The van der Waals surface area contributed by atoms with Gasteiger partial charge in [0.15, 0.2) is 27.1 Å². The molecule has 130 heavy (non-hydrogen) atoms. The maximum atomic E-state index is 13.8. The summed E-state index contributed by atoms with van der Waals surface area (Å²) in [5.41, 5.74) is 3.43. The first-order valence-electron chi connectivity index (χ1n) is 43.5. The molecule has 1 N–H and O–H groups in total. The minimum absolute atomic E-state index is 0.106. The van der Waals surface area contributed by atoms with E-state index in [0.29, 0.717) is 67.1 Å². The van der Waals surface area contributed by atoms with Crippen LogP contribution in [-0.4, -0.2) is 142 Å². The van der Waals surface area contributed by atoms with E-state index >= 15 is 0 Å². The molecular weight excluding hydrogens is 1740 g/mol. The first-order valence-corrected chi connectivity index (χ1v) is 47.5. The van der Waals surface area contributed by atoms with Crippen molar-refractivity contribution >= 4 is 241 Å². The van der Waals surface area contributed by atoms with Crippen molar-refractivity contribution in [2.75, 3.05) is 136 Å². The number of nitrogens with zero attached hydrogens (tertiary/aromatic N) is 11. The van der Waals surface area contributed by atoms with Crippen molar-refractivity contribution in [1.82, 2.24) is 35.1 Å². The molecule has 20 aromatic rings. The van der Waals surface area contributed by atoms with Gasteiger partial charge in [0.2, 0.25) is 0 Å². The largest absolute Gasteiger partial charge is 0.378 e. The molecule has 0 unspecified atom stereocenters. The second-order valence-electron chi connectivity index (χ2n) is 33.0. The first-order chi connectivity index (χ1) is 63.5. The molecule has 0 radical (unpaired) electrons. The normalized spacial score (nSPS) is 15.3. The molecule has 0 bridgehead atoms. The molecule has 650 valence electrons. The van der Waals surface area contributed by atoms with E-state index in [-0.39, 0.29) is 50.4 Å². The van der Waals surface area contributed by atoms with E-state index in [9.17, 15) is 45.9 Å². The summed E-state index contributed by atoms with van der Waals surface area (Å²) in [6.45, 7) is 13.8. The zero-order valence-electron chi connectivity index (χ0n) is 70.4. The van der Waals surface area contributed by atoms with E-state index < -0.39 is 5.82 Å². The second-order valence-corrected chi connectivity index (χ2v) is 38.3. The number of fused-ring (bicyclic) bond motifs is 20. The van der Waals surface area contributed by atoms with Crippen LogP contribution in [0.5, 0.6) is 0 Å². The van der Waals surface area contributed by atoms with Gasteiger partial charge in [-0.3, -0.25) is 24.0 Å². The van der Waals surface area contributed by atoms with E-state index in [1.54, 1.807) is 30.3 Å². The number of likely N-dealkylation sites (N-methyl/N-ethyl adjacent to an activating group) is 1. The van der Waals surface area contributed by atoms with Crippen LogP contribution in [-0.2, 0) is 4.74 Å². The van der Waals surface area contributed by atoms with Gasteiger partial charge in [0.25, 0.3) is 0 Å². The fourth-order valence-corrected chi connectivity index (χ4v) is 24.3. The van der Waals surface area contributed by atoms with Crippen LogP contribution in [0.1, 0.15) is 32.1 Å². The standard InChI is InChI=1S/C21H18FN3OS.C21H17FN2OS.C20H16FN3OS.C20H15FN2O2S.C20H15FN2OS/c1-24-8-10-25(11-9-24)21-20-18(14-4-2-3-5-16(14)23-21)19(26)15-12-13(22)6-7-17(15)27-20;22-13-8-9-17-15(12-13)19(25)18-14-6-2-3-7-16(14)23-21(20(18)26-17)24-10-4-1-5-11-24;21-12-5-6-16-14(11-12)18(25)17-13-3-1-2-4-15(13)23-20(19(17)26-16)24-9-7-22-8-10-24;21-12-5-6-16-14(11-12)18(24)17-13-3-1-2-4-15(13)22-20(19(17)26-16)23-7-9-25-10-8-23;21-12-7-8-16-14(11-12)18(24)17-13-5-1-2-6-15(13)22-20(19(17)25-16)23-9-3-4-10-23/h2-7,12H,8-11H2,1H3;2-3,6-9,12H,1,4-5,10-11H2;1-6,11,22H,7-10H2;1-6,11H,7-10H2;1-2,5-8,11H,3-4,9-10H2. The molecule has 0 saturated carbocycles. The maximum absolute atomic E-state index is 13.8. The third kappa shape index (κ3) is 15.8. The highest BCUT2D eigenvalue weighted by Crippen LogP contribution is 2.44. The molecule has 0 aliphatic carbocycles. The van der Waals surface area contributed by atoms with Crippen molar-refractivity contribution in [1.29, 1.82) is 0 Å². The minimum Gasteiger partial charge on any atom is -0.378 e. The van der Waals surface area contributed by atoms with Gasteiger partial charge in [-0.2, -0.15) is 0 Å². The lowest BCUT2D eigenvalue weighted by molar-refractivity contribution is 0.122. The van der Waals surface area contributed by atoms with Crippen LogP contribution in [0.2, 0.25) is 0 Å². The Hall–Kier alpha value is -12.8. The Morgan fingerprint density at radius 1 is 0.269 bits per heavy atom. The van der Waals surface area contributed by atoms with Gasteiger partial charge >= 0.3 is 0 Å². The van der Waals surface area contributed by atoms with Crippen molar-refractivity contribution in [3.8, 4) is 0 Å². The summed E-state index contributed by atoms with van der Waals surface area (Å²) in [5, 5.41) is 12.9. The number of rotatable bonds is 5. The van der Waals surface area contributed by atoms with Crippen LogP contribution in [0, 0.1) is 29.1 Å². The molecule has 0 spiro atoms. The van der Waals surface area contributed by atoms with Crippen molar-refractivity contribution < 1.29 is 26.7 Å². The number of aromatic nitrogens is 5. The lowest BCUT2D eigenvalue weighted by Crippen LogP contribution is -2.44. The highest BCUT2D eigenvalue weighted by Gasteiger charge is 2.29. The fourth-order valence-electron chi connectivity index (χ4n) is 18.4. The van der Waals surface area contributed by atoms with Gasteiger partial charge in [-0.05, 0) is 160 Å². The highest BCUT2D eigenvalue weighted by molar-refractivity contribution is 7.27. The summed E-state index contributed by atoms with van der Waals surface area (Å²) in [7, 11) is 2.11. The molecule has 25 rings (SSSR count). The fraction of sp³-hybridized carbons (Fsp3) is 0.216. The number of morpholine rings is 1. The number of hydrogen-bond acceptors (Lipinski definition) is 23. The topological polar surface area (TPSA) is 190 Å². The molecule has 28 heteroatoms. The zero-order valence-corrected chi connectivity index (χ0v) is 74.4. The summed E-state index contributed by atoms with van der Waals surface area (Å²) in [5.74, 6) is 2.39. The third-order valence-corrected chi connectivity index (χ3v) is 30.7. The van der Waals surface area contributed by atoms with E-state index in [1.807, 2.05) is 121 Å². The Morgan fingerprint density at radius 3 is 0.769 bits per heavy atom. The van der Waals surface area contributed by atoms with Gasteiger partial charge in [-0.15, -0.1) is 56.7 Å². The molecule has 5 aliphatic heterocycles. The summed E-state index contributed by atoms with van der Waals surface area (Å²) in [6, 6.07) is 60.7. The Labute approximate surface area is 758 Å². The average Bonchev–Trinajstić information content (AvgIpc) is 1.10.